The van der Waals surface area contributed by atoms with E-state index in [1.165, 1.54) is 39.4 Å². The molecule has 8 heteroatoms. The summed E-state index contributed by atoms with van der Waals surface area (Å²) in [7, 11) is 0. The first-order chi connectivity index (χ1) is 15.2. The molecule has 0 aliphatic rings. The van der Waals surface area contributed by atoms with E-state index < -0.39 is 0 Å². The van der Waals surface area contributed by atoms with Gasteiger partial charge in [-0.25, -0.2) is 5.43 Å². The lowest BCUT2D eigenvalue weighted by molar-refractivity contribution is -0.118. The maximum absolute atomic E-state index is 12.0. The van der Waals surface area contributed by atoms with Crippen LogP contribution in [0.5, 0.6) is 0 Å². The fourth-order valence-corrected chi connectivity index (χ4v) is 5.75. The van der Waals surface area contributed by atoms with Gasteiger partial charge in [0.1, 0.15) is 0 Å². The molecule has 0 saturated carbocycles. The molecule has 0 radical (unpaired) electrons. The summed E-state index contributed by atoms with van der Waals surface area (Å²) >= 11 is 4.54. The van der Waals surface area contributed by atoms with E-state index in [2.05, 4.69) is 63.2 Å². The van der Waals surface area contributed by atoms with Gasteiger partial charge in [-0.2, -0.15) is 5.10 Å². The minimum atomic E-state index is -0.171. The molecule has 0 bridgehead atoms. The van der Waals surface area contributed by atoms with Crippen molar-refractivity contribution in [3.63, 3.8) is 0 Å². The van der Waals surface area contributed by atoms with Crippen LogP contribution in [0.4, 0.5) is 0 Å². The Morgan fingerprint density at radius 2 is 1.74 bits per heavy atom. The van der Waals surface area contributed by atoms with Gasteiger partial charge < -0.3 is 0 Å². The van der Waals surface area contributed by atoms with Crippen molar-refractivity contribution in [3.05, 3.63) is 83.4 Å². The number of fused-ring (bicyclic) bond motifs is 1. The highest BCUT2D eigenvalue weighted by molar-refractivity contribution is 8.03. The Bertz CT molecular complexity index is 1220. The second-order valence-electron chi connectivity index (χ2n) is 6.70. The zero-order valence-corrected chi connectivity index (χ0v) is 19.3. The van der Waals surface area contributed by atoms with Crippen molar-refractivity contribution in [3.8, 4) is 0 Å². The van der Waals surface area contributed by atoms with E-state index in [0.717, 1.165) is 25.6 Å². The molecule has 156 valence electrons. The van der Waals surface area contributed by atoms with Crippen LogP contribution in [0, 0.1) is 6.92 Å². The van der Waals surface area contributed by atoms with Gasteiger partial charge in [0.15, 0.2) is 8.68 Å². The molecule has 5 nitrogen and oxygen atoms in total. The summed E-state index contributed by atoms with van der Waals surface area (Å²) in [6, 6.07) is 22.6. The summed E-state index contributed by atoms with van der Waals surface area (Å²) in [4.78, 5) is 12.0. The molecule has 0 spiro atoms. The van der Waals surface area contributed by atoms with E-state index in [9.17, 15) is 4.79 Å². The third kappa shape index (κ3) is 5.94. The molecule has 1 aromatic heterocycles. The van der Waals surface area contributed by atoms with Crippen molar-refractivity contribution in [1.29, 1.82) is 0 Å². The van der Waals surface area contributed by atoms with Crippen molar-refractivity contribution in [1.82, 2.24) is 15.6 Å². The van der Waals surface area contributed by atoms with E-state index in [4.69, 9.17) is 0 Å². The van der Waals surface area contributed by atoms with E-state index in [0.29, 0.717) is 0 Å². The number of aryl methyl sites for hydroxylation is 1. The average molecular weight is 465 g/mol. The lowest BCUT2D eigenvalue weighted by Gasteiger charge is -2.04. The first-order valence-corrected chi connectivity index (χ1v) is 12.4. The van der Waals surface area contributed by atoms with E-state index in [1.54, 1.807) is 18.0 Å². The molecule has 0 aliphatic carbocycles. The quantitative estimate of drug-likeness (QED) is 0.211. The van der Waals surface area contributed by atoms with Crippen LogP contribution in [0.3, 0.4) is 0 Å². The number of thioether (sulfide) groups is 2. The lowest BCUT2D eigenvalue weighted by Crippen LogP contribution is -2.19. The van der Waals surface area contributed by atoms with Gasteiger partial charge in [-0.15, -0.1) is 10.2 Å². The summed E-state index contributed by atoms with van der Waals surface area (Å²) < 4.78 is 1.67. The van der Waals surface area contributed by atoms with Crippen LogP contribution in [-0.4, -0.2) is 28.1 Å². The molecular weight excluding hydrogens is 444 g/mol. The molecular formula is C23H20N4OS3. The fraction of sp³-hybridized carbons (Fsp3) is 0.130. The van der Waals surface area contributed by atoms with Gasteiger partial charge in [0.2, 0.25) is 0 Å². The summed E-state index contributed by atoms with van der Waals surface area (Å²) in [6.07, 6.45) is 1.66. The Labute approximate surface area is 193 Å². The van der Waals surface area contributed by atoms with Crippen molar-refractivity contribution in [2.45, 2.75) is 21.4 Å². The fourth-order valence-electron chi connectivity index (χ4n) is 2.94. The van der Waals surface area contributed by atoms with Gasteiger partial charge in [0.05, 0.1) is 12.0 Å². The zero-order valence-electron chi connectivity index (χ0n) is 16.8. The normalized spacial score (nSPS) is 11.3. The minimum absolute atomic E-state index is 0.171. The number of benzene rings is 3. The van der Waals surface area contributed by atoms with Crippen molar-refractivity contribution < 1.29 is 4.79 Å². The number of rotatable bonds is 8. The Morgan fingerprint density at radius 3 is 2.61 bits per heavy atom. The van der Waals surface area contributed by atoms with Gasteiger partial charge in [0.25, 0.3) is 5.91 Å². The summed E-state index contributed by atoms with van der Waals surface area (Å²) in [5.41, 5.74) is 5.92. The summed E-state index contributed by atoms with van der Waals surface area (Å²) in [6.45, 7) is 2.00. The van der Waals surface area contributed by atoms with Crippen LogP contribution in [0.2, 0.25) is 0 Å². The van der Waals surface area contributed by atoms with Gasteiger partial charge in [-0.1, -0.05) is 102 Å². The Morgan fingerprint density at radius 1 is 1.00 bits per heavy atom. The zero-order chi connectivity index (χ0) is 21.5. The number of hydrazone groups is 1. The van der Waals surface area contributed by atoms with Crippen LogP contribution in [0.25, 0.3) is 10.8 Å². The van der Waals surface area contributed by atoms with E-state index in [-0.39, 0.29) is 11.7 Å². The number of carbonyl (C=O) groups excluding carboxylic acids is 1. The van der Waals surface area contributed by atoms with Crippen molar-refractivity contribution in [2.24, 2.45) is 5.10 Å². The van der Waals surface area contributed by atoms with Gasteiger partial charge in [-0.3, -0.25) is 4.79 Å². The topological polar surface area (TPSA) is 67.2 Å². The number of nitrogens with zero attached hydrogens (tertiary/aromatic N) is 3. The number of nitrogens with one attached hydrogen (secondary N) is 1. The molecule has 0 aliphatic heterocycles. The number of aromatic nitrogens is 2. The second-order valence-corrected chi connectivity index (χ2v) is 10.1. The standard InChI is InChI=1S/C23H20N4OS3/c1-16-7-2-3-9-18(16)13-24-25-21(28)15-30-23-27-26-22(31-23)29-14-19-11-6-10-17-8-4-5-12-20(17)19/h2-13H,14-15H2,1H3,(H,25,28)/b24-13+. The van der Waals surface area contributed by atoms with E-state index >= 15 is 0 Å². The summed E-state index contributed by atoms with van der Waals surface area (Å²) in [5.74, 6) is 0.901. The molecule has 4 aromatic rings. The lowest BCUT2D eigenvalue weighted by atomic mass is 10.1. The van der Waals surface area contributed by atoms with Crippen molar-refractivity contribution >= 4 is 57.8 Å². The average Bonchev–Trinajstić information content (AvgIpc) is 3.25. The van der Waals surface area contributed by atoms with Crippen molar-refractivity contribution in [2.75, 3.05) is 5.75 Å². The smallest absolute Gasteiger partial charge is 0.250 e. The molecule has 0 saturated heterocycles. The molecule has 1 heterocycles. The van der Waals surface area contributed by atoms with Crippen LogP contribution in [0.1, 0.15) is 16.7 Å². The number of carbonyl (C=O) groups is 1. The second kappa shape index (κ2) is 10.6. The monoisotopic (exact) mass is 464 g/mol. The van der Waals surface area contributed by atoms with Gasteiger partial charge in [-0.05, 0) is 34.4 Å². The highest BCUT2D eigenvalue weighted by Crippen LogP contribution is 2.32. The molecule has 0 unspecified atom stereocenters. The SMILES string of the molecule is Cc1ccccc1/C=N/NC(=O)CSc1nnc(SCc2cccc3ccccc23)s1. The predicted octanol–water partition coefficient (Wildman–Crippen LogP) is 5.53. The maximum atomic E-state index is 12.0. The van der Waals surface area contributed by atoms with Gasteiger partial charge >= 0.3 is 0 Å². The predicted molar refractivity (Wildman–Crippen MR) is 131 cm³/mol. The van der Waals surface area contributed by atoms with Gasteiger partial charge in [0, 0.05) is 5.75 Å². The molecule has 3 aromatic carbocycles. The Kier molecular flexibility index (Phi) is 7.35. The molecule has 0 fully saturated rings. The molecule has 1 N–H and O–H groups in total. The Hall–Kier alpha value is -2.68. The van der Waals surface area contributed by atoms with Crippen LogP contribution < -0.4 is 5.43 Å². The van der Waals surface area contributed by atoms with Crippen LogP contribution >= 0.6 is 34.9 Å². The third-order valence-corrected chi connectivity index (χ3v) is 7.77. The largest absolute Gasteiger partial charge is 0.272 e. The molecule has 4 rings (SSSR count). The number of amides is 1. The summed E-state index contributed by atoms with van der Waals surface area (Å²) in [5, 5.41) is 15.0. The molecule has 1 amide bonds. The maximum Gasteiger partial charge on any atom is 0.250 e. The first-order valence-electron chi connectivity index (χ1n) is 9.62. The Balaban J connectivity index is 1.26. The minimum Gasteiger partial charge on any atom is -0.272 e. The van der Waals surface area contributed by atoms with Crippen LogP contribution in [0.15, 0.2) is 80.5 Å². The van der Waals surface area contributed by atoms with E-state index in [1.807, 2.05) is 31.2 Å². The molecule has 31 heavy (non-hydrogen) atoms. The highest BCUT2D eigenvalue weighted by atomic mass is 32.2. The highest BCUT2D eigenvalue weighted by Gasteiger charge is 2.09. The third-order valence-electron chi connectivity index (χ3n) is 4.53. The number of hydrogen-bond acceptors (Lipinski definition) is 7. The first kappa shape index (κ1) is 21.5. The molecule has 0 atom stereocenters. The van der Waals surface area contributed by atoms with Crippen LogP contribution in [-0.2, 0) is 10.5 Å². The number of hydrogen-bond donors (Lipinski definition) is 1.